The topological polar surface area (TPSA) is 50.3 Å². The van der Waals surface area contributed by atoms with Crippen LogP contribution in [0.15, 0.2) is 12.4 Å². The average Bonchev–Trinajstić information content (AvgIpc) is 2.87. The molecular formula is C15H26N4O. The van der Waals surface area contributed by atoms with Gasteiger partial charge in [0.25, 0.3) is 0 Å². The quantitative estimate of drug-likeness (QED) is 0.775. The lowest BCUT2D eigenvalue weighted by molar-refractivity contribution is 0.232. The monoisotopic (exact) mass is 278 g/mol. The Hall–Kier alpha value is -1.36. The van der Waals surface area contributed by atoms with E-state index >= 15 is 0 Å². The van der Waals surface area contributed by atoms with Gasteiger partial charge in [-0.2, -0.15) is 0 Å². The number of hydrogen-bond acceptors (Lipinski definition) is 5. The number of nitrogens with zero attached hydrogens (tertiary/aromatic N) is 3. The van der Waals surface area contributed by atoms with Crippen LogP contribution in [0, 0.1) is 0 Å². The van der Waals surface area contributed by atoms with Crippen molar-refractivity contribution in [3.8, 4) is 5.88 Å². The third-order valence-corrected chi connectivity index (χ3v) is 3.46. The van der Waals surface area contributed by atoms with Crippen molar-refractivity contribution in [3.63, 3.8) is 0 Å². The van der Waals surface area contributed by atoms with Gasteiger partial charge in [-0.25, -0.2) is 9.97 Å². The van der Waals surface area contributed by atoms with Crippen LogP contribution in [0.25, 0.3) is 0 Å². The number of anilines is 1. The summed E-state index contributed by atoms with van der Waals surface area (Å²) in [5.74, 6) is 1.65. The lowest BCUT2D eigenvalue weighted by Crippen LogP contribution is -2.38. The standard InChI is InChI=1S/C15H26N4O/c1-4-7-16-10-13-6-5-8-19(13)14-9-15(18-11-17-14)20-12(2)3/h9,11-13,16H,4-8,10H2,1-3H3. The molecule has 2 heterocycles. The Morgan fingerprint density at radius 3 is 3.05 bits per heavy atom. The fraction of sp³-hybridized carbons (Fsp3) is 0.733. The predicted molar refractivity (Wildman–Crippen MR) is 81.3 cm³/mol. The highest BCUT2D eigenvalue weighted by Gasteiger charge is 2.25. The Morgan fingerprint density at radius 1 is 1.45 bits per heavy atom. The Morgan fingerprint density at radius 2 is 2.30 bits per heavy atom. The van der Waals surface area contributed by atoms with Gasteiger partial charge in [0.15, 0.2) is 0 Å². The van der Waals surface area contributed by atoms with E-state index in [2.05, 4.69) is 27.1 Å². The lowest BCUT2D eigenvalue weighted by atomic mass is 10.2. The Bertz CT molecular complexity index is 411. The second kappa shape index (κ2) is 7.43. The number of nitrogens with one attached hydrogen (secondary N) is 1. The maximum Gasteiger partial charge on any atom is 0.218 e. The summed E-state index contributed by atoms with van der Waals surface area (Å²) in [7, 11) is 0. The summed E-state index contributed by atoms with van der Waals surface area (Å²) in [6, 6.07) is 2.49. The molecule has 0 bridgehead atoms. The van der Waals surface area contributed by atoms with Gasteiger partial charge in [0, 0.05) is 25.2 Å². The van der Waals surface area contributed by atoms with Gasteiger partial charge in [0.2, 0.25) is 5.88 Å². The SMILES string of the molecule is CCCNCC1CCCN1c1cc(OC(C)C)ncn1. The largest absolute Gasteiger partial charge is 0.475 e. The zero-order valence-electron chi connectivity index (χ0n) is 12.8. The second-order valence-corrected chi connectivity index (χ2v) is 5.57. The molecule has 5 heteroatoms. The molecule has 1 aromatic heterocycles. The third-order valence-electron chi connectivity index (χ3n) is 3.46. The minimum atomic E-state index is 0.137. The number of rotatable bonds is 7. The molecule has 0 spiro atoms. The summed E-state index contributed by atoms with van der Waals surface area (Å²) in [5.41, 5.74) is 0. The molecule has 2 rings (SSSR count). The van der Waals surface area contributed by atoms with Gasteiger partial charge in [-0.1, -0.05) is 6.92 Å². The Labute approximate surface area is 121 Å². The van der Waals surface area contributed by atoms with Crippen LogP contribution in [0.5, 0.6) is 5.88 Å². The maximum atomic E-state index is 5.65. The first-order valence-electron chi connectivity index (χ1n) is 7.66. The van der Waals surface area contributed by atoms with Crippen LogP contribution < -0.4 is 15.0 Å². The van der Waals surface area contributed by atoms with E-state index in [9.17, 15) is 0 Å². The first kappa shape index (κ1) is 15.0. The van der Waals surface area contributed by atoms with Crippen molar-refractivity contribution in [1.82, 2.24) is 15.3 Å². The molecule has 0 saturated carbocycles. The second-order valence-electron chi connectivity index (χ2n) is 5.57. The lowest BCUT2D eigenvalue weighted by Gasteiger charge is -2.26. The third kappa shape index (κ3) is 4.07. The van der Waals surface area contributed by atoms with E-state index in [1.54, 1.807) is 6.33 Å². The van der Waals surface area contributed by atoms with Crippen LogP contribution in [-0.4, -0.2) is 41.7 Å². The normalized spacial score (nSPS) is 18.8. The summed E-state index contributed by atoms with van der Waals surface area (Å²) in [6.45, 7) is 9.38. The number of hydrogen-bond donors (Lipinski definition) is 1. The molecule has 1 saturated heterocycles. The molecule has 112 valence electrons. The summed E-state index contributed by atoms with van der Waals surface area (Å²) in [4.78, 5) is 11.0. The molecule has 5 nitrogen and oxygen atoms in total. The van der Waals surface area contributed by atoms with Gasteiger partial charge in [-0.05, 0) is 39.7 Å². The maximum absolute atomic E-state index is 5.65. The van der Waals surface area contributed by atoms with Gasteiger partial charge in [0.1, 0.15) is 12.1 Å². The molecule has 1 aliphatic rings. The summed E-state index contributed by atoms with van der Waals surface area (Å²) < 4.78 is 5.65. The van der Waals surface area contributed by atoms with Crippen LogP contribution in [0.3, 0.4) is 0 Å². The van der Waals surface area contributed by atoms with Gasteiger partial charge < -0.3 is 15.0 Å². The summed E-state index contributed by atoms with van der Waals surface area (Å²) in [6.07, 6.45) is 5.36. The van der Waals surface area contributed by atoms with Gasteiger partial charge >= 0.3 is 0 Å². The number of ether oxygens (including phenoxy) is 1. The van der Waals surface area contributed by atoms with Crippen molar-refractivity contribution in [2.24, 2.45) is 0 Å². The summed E-state index contributed by atoms with van der Waals surface area (Å²) in [5, 5.41) is 3.51. The molecule has 0 radical (unpaired) electrons. The molecule has 1 atom stereocenters. The van der Waals surface area contributed by atoms with E-state index in [0.717, 1.165) is 25.5 Å². The first-order chi connectivity index (χ1) is 9.70. The molecule has 0 amide bonds. The molecule has 0 aliphatic carbocycles. The van der Waals surface area contributed by atoms with Crippen LogP contribution >= 0.6 is 0 Å². The van der Waals surface area contributed by atoms with Crippen LogP contribution in [0.4, 0.5) is 5.82 Å². The van der Waals surface area contributed by atoms with Gasteiger partial charge in [0.05, 0.1) is 6.10 Å². The Kier molecular flexibility index (Phi) is 5.59. The highest BCUT2D eigenvalue weighted by atomic mass is 16.5. The summed E-state index contributed by atoms with van der Waals surface area (Å²) >= 11 is 0. The van der Waals surface area contributed by atoms with Crippen molar-refractivity contribution in [2.75, 3.05) is 24.5 Å². The van der Waals surface area contributed by atoms with Crippen LogP contribution in [-0.2, 0) is 0 Å². The van der Waals surface area contributed by atoms with Crippen molar-refractivity contribution in [3.05, 3.63) is 12.4 Å². The van der Waals surface area contributed by atoms with Gasteiger partial charge in [-0.15, -0.1) is 0 Å². The molecule has 1 aliphatic heterocycles. The first-order valence-corrected chi connectivity index (χ1v) is 7.66. The molecular weight excluding hydrogens is 252 g/mol. The van der Waals surface area contributed by atoms with E-state index in [1.807, 2.05) is 19.9 Å². The van der Waals surface area contributed by atoms with Crippen molar-refractivity contribution >= 4 is 5.82 Å². The highest BCUT2D eigenvalue weighted by Crippen LogP contribution is 2.25. The van der Waals surface area contributed by atoms with E-state index in [0.29, 0.717) is 11.9 Å². The van der Waals surface area contributed by atoms with Gasteiger partial charge in [-0.3, -0.25) is 0 Å². The highest BCUT2D eigenvalue weighted by molar-refractivity contribution is 5.43. The average molecular weight is 278 g/mol. The van der Waals surface area contributed by atoms with E-state index in [4.69, 9.17) is 4.74 Å². The molecule has 0 aromatic carbocycles. The minimum absolute atomic E-state index is 0.137. The zero-order chi connectivity index (χ0) is 14.4. The fourth-order valence-electron chi connectivity index (χ4n) is 2.59. The molecule has 20 heavy (non-hydrogen) atoms. The number of aromatic nitrogens is 2. The zero-order valence-corrected chi connectivity index (χ0v) is 12.8. The van der Waals surface area contributed by atoms with Crippen LogP contribution in [0.1, 0.15) is 40.0 Å². The minimum Gasteiger partial charge on any atom is -0.475 e. The smallest absolute Gasteiger partial charge is 0.218 e. The van der Waals surface area contributed by atoms with Crippen molar-refractivity contribution in [1.29, 1.82) is 0 Å². The molecule has 1 aromatic rings. The van der Waals surface area contributed by atoms with Crippen molar-refractivity contribution < 1.29 is 4.74 Å². The van der Waals surface area contributed by atoms with E-state index in [-0.39, 0.29) is 6.10 Å². The molecule has 1 N–H and O–H groups in total. The van der Waals surface area contributed by atoms with E-state index < -0.39 is 0 Å². The predicted octanol–water partition coefficient (Wildman–Crippen LogP) is 2.23. The van der Waals surface area contributed by atoms with Crippen LogP contribution in [0.2, 0.25) is 0 Å². The molecule has 1 fully saturated rings. The molecule has 1 unspecified atom stereocenters. The van der Waals surface area contributed by atoms with Crippen molar-refractivity contribution in [2.45, 2.75) is 52.2 Å². The fourth-order valence-corrected chi connectivity index (χ4v) is 2.59. The van der Waals surface area contributed by atoms with E-state index in [1.165, 1.54) is 19.3 Å². The Balaban J connectivity index is 2.01.